The van der Waals surface area contributed by atoms with Crippen molar-refractivity contribution < 1.29 is 0 Å². The van der Waals surface area contributed by atoms with Crippen molar-refractivity contribution in [3.63, 3.8) is 0 Å². The molecule has 0 bridgehead atoms. The SMILES string of the molecule is c1csc(CCNC2CCN3CCCC3C2)c1. The molecule has 2 atom stereocenters. The van der Waals surface area contributed by atoms with Crippen LogP contribution in [0.3, 0.4) is 0 Å². The van der Waals surface area contributed by atoms with Crippen molar-refractivity contribution in [2.24, 2.45) is 0 Å². The Morgan fingerprint density at radius 3 is 3.24 bits per heavy atom. The highest BCUT2D eigenvalue weighted by Crippen LogP contribution is 2.26. The normalized spacial score (nSPS) is 29.4. The quantitative estimate of drug-likeness (QED) is 0.883. The summed E-state index contributed by atoms with van der Waals surface area (Å²) in [5.41, 5.74) is 0. The van der Waals surface area contributed by atoms with Crippen LogP contribution in [0.5, 0.6) is 0 Å². The molecule has 1 aromatic heterocycles. The van der Waals surface area contributed by atoms with Gasteiger partial charge in [-0.15, -0.1) is 11.3 Å². The largest absolute Gasteiger partial charge is 0.314 e. The van der Waals surface area contributed by atoms with Crippen LogP contribution in [0, 0.1) is 0 Å². The van der Waals surface area contributed by atoms with E-state index in [1.807, 2.05) is 11.3 Å². The lowest BCUT2D eigenvalue weighted by Crippen LogP contribution is -2.46. The lowest BCUT2D eigenvalue weighted by atomic mass is 9.97. The summed E-state index contributed by atoms with van der Waals surface area (Å²) in [6, 6.07) is 6.06. The van der Waals surface area contributed by atoms with E-state index in [2.05, 4.69) is 27.7 Å². The first-order chi connectivity index (χ1) is 8.42. The van der Waals surface area contributed by atoms with Crippen molar-refractivity contribution in [3.8, 4) is 0 Å². The van der Waals surface area contributed by atoms with Gasteiger partial charge in [-0.3, -0.25) is 0 Å². The highest BCUT2D eigenvalue weighted by Gasteiger charge is 2.31. The second kappa shape index (κ2) is 5.51. The van der Waals surface area contributed by atoms with E-state index in [1.54, 1.807) is 0 Å². The molecule has 1 aromatic rings. The summed E-state index contributed by atoms with van der Waals surface area (Å²) < 4.78 is 0. The van der Waals surface area contributed by atoms with Crippen molar-refractivity contribution in [1.82, 2.24) is 10.2 Å². The Bertz CT molecular complexity index is 336. The number of fused-ring (bicyclic) bond motifs is 1. The molecule has 0 amide bonds. The molecule has 2 unspecified atom stereocenters. The maximum Gasteiger partial charge on any atom is 0.0111 e. The molecule has 2 aliphatic heterocycles. The first-order valence-corrected chi connectivity index (χ1v) is 7.79. The van der Waals surface area contributed by atoms with Crippen LogP contribution in [-0.4, -0.2) is 36.6 Å². The zero-order valence-electron chi connectivity index (χ0n) is 10.4. The van der Waals surface area contributed by atoms with Gasteiger partial charge in [0.15, 0.2) is 0 Å². The molecule has 3 heteroatoms. The fourth-order valence-corrected chi connectivity index (χ4v) is 3.97. The second-order valence-electron chi connectivity index (χ2n) is 5.34. The van der Waals surface area contributed by atoms with Crippen LogP contribution in [0.25, 0.3) is 0 Å². The predicted molar refractivity (Wildman–Crippen MR) is 73.6 cm³/mol. The third-order valence-electron chi connectivity index (χ3n) is 4.20. The number of thiophene rings is 1. The Balaban J connectivity index is 1.40. The molecule has 0 aromatic carbocycles. The molecule has 0 saturated carbocycles. The van der Waals surface area contributed by atoms with Crippen LogP contribution in [0.2, 0.25) is 0 Å². The molecule has 1 N–H and O–H groups in total. The number of hydrogen-bond acceptors (Lipinski definition) is 3. The molecule has 3 heterocycles. The molecular weight excluding hydrogens is 228 g/mol. The van der Waals surface area contributed by atoms with E-state index < -0.39 is 0 Å². The fourth-order valence-electron chi connectivity index (χ4n) is 3.26. The van der Waals surface area contributed by atoms with Gasteiger partial charge < -0.3 is 10.2 Å². The number of nitrogens with zero attached hydrogens (tertiary/aromatic N) is 1. The van der Waals surface area contributed by atoms with Crippen LogP contribution < -0.4 is 5.32 Å². The Morgan fingerprint density at radius 1 is 1.35 bits per heavy atom. The van der Waals surface area contributed by atoms with Crippen molar-refractivity contribution in [3.05, 3.63) is 22.4 Å². The van der Waals surface area contributed by atoms with Gasteiger partial charge in [0.25, 0.3) is 0 Å². The van der Waals surface area contributed by atoms with E-state index in [-0.39, 0.29) is 0 Å². The van der Waals surface area contributed by atoms with E-state index in [0.29, 0.717) is 0 Å². The standard InChI is InChI=1S/C14H22N2S/c1-3-13-11-12(6-9-16(13)8-1)15-7-5-14-4-2-10-17-14/h2,4,10,12-13,15H,1,3,5-9,11H2. The minimum Gasteiger partial charge on any atom is -0.314 e. The minimum absolute atomic E-state index is 0.773. The van der Waals surface area contributed by atoms with Crippen molar-refractivity contribution in [2.45, 2.75) is 44.2 Å². The van der Waals surface area contributed by atoms with Gasteiger partial charge in [-0.2, -0.15) is 0 Å². The zero-order chi connectivity index (χ0) is 11.5. The van der Waals surface area contributed by atoms with Gasteiger partial charge in [-0.25, -0.2) is 0 Å². The molecule has 94 valence electrons. The smallest absolute Gasteiger partial charge is 0.0111 e. The third kappa shape index (κ3) is 2.90. The van der Waals surface area contributed by atoms with Gasteiger partial charge in [0.1, 0.15) is 0 Å². The lowest BCUT2D eigenvalue weighted by molar-refractivity contribution is 0.167. The average molecular weight is 250 g/mol. The van der Waals surface area contributed by atoms with Crippen LogP contribution in [0.1, 0.15) is 30.6 Å². The van der Waals surface area contributed by atoms with Gasteiger partial charge in [-0.05, 0) is 56.6 Å². The fraction of sp³-hybridized carbons (Fsp3) is 0.714. The molecular formula is C14H22N2S. The van der Waals surface area contributed by atoms with E-state index in [9.17, 15) is 0 Å². The highest BCUT2D eigenvalue weighted by molar-refractivity contribution is 7.09. The molecule has 17 heavy (non-hydrogen) atoms. The Hall–Kier alpha value is -0.380. The third-order valence-corrected chi connectivity index (χ3v) is 5.14. The van der Waals surface area contributed by atoms with Crippen LogP contribution in [-0.2, 0) is 6.42 Å². The van der Waals surface area contributed by atoms with Gasteiger partial charge in [0, 0.05) is 23.5 Å². The summed E-state index contributed by atoms with van der Waals surface area (Å²) >= 11 is 1.88. The summed E-state index contributed by atoms with van der Waals surface area (Å²) in [6.45, 7) is 3.83. The van der Waals surface area contributed by atoms with E-state index >= 15 is 0 Å². The maximum atomic E-state index is 3.75. The molecule has 2 fully saturated rings. The molecule has 0 aliphatic carbocycles. The number of rotatable bonds is 4. The first kappa shape index (κ1) is 11.7. The van der Waals surface area contributed by atoms with E-state index in [1.165, 1.54) is 50.1 Å². The van der Waals surface area contributed by atoms with Crippen LogP contribution in [0.4, 0.5) is 0 Å². The summed E-state index contributed by atoms with van der Waals surface area (Å²) in [4.78, 5) is 4.20. The first-order valence-electron chi connectivity index (χ1n) is 6.91. The Morgan fingerprint density at radius 2 is 2.35 bits per heavy atom. The number of nitrogens with one attached hydrogen (secondary N) is 1. The molecule has 0 spiro atoms. The molecule has 2 aliphatic rings. The topological polar surface area (TPSA) is 15.3 Å². The number of piperidine rings is 1. The maximum absolute atomic E-state index is 3.75. The van der Waals surface area contributed by atoms with Gasteiger partial charge in [0.05, 0.1) is 0 Å². The summed E-state index contributed by atoms with van der Waals surface area (Å²) in [6.07, 6.45) is 6.78. The highest BCUT2D eigenvalue weighted by atomic mass is 32.1. The van der Waals surface area contributed by atoms with E-state index in [4.69, 9.17) is 0 Å². The van der Waals surface area contributed by atoms with Gasteiger partial charge in [0.2, 0.25) is 0 Å². The molecule has 0 radical (unpaired) electrons. The average Bonchev–Trinajstić information content (AvgIpc) is 2.98. The zero-order valence-corrected chi connectivity index (χ0v) is 11.2. The minimum atomic E-state index is 0.773. The predicted octanol–water partition coefficient (Wildman–Crippen LogP) is 2.51. The van der Waals surface area contributed by atoms with Crippen molar-refractivity contribution in [1.29, 1.82) is 0 Å². The van der Waals surface area contributed by atoms with E-state index in [0.717, 1.165) is 18.6 Å². The van der Waals surface area contributed by atoms with Crippen LogP contribution in [0.15, 0.2) is 17.5 Å². The number of hydrogen-bond donors (Lipinski definition) is 1. The van der Waals surface area contributed by atoms with Crippen molar-refractivity contribution in [2.75, 3.05) is 19.6 Å². The Kier molecular flexibility index (Phi) is 3.79. The monoisotopic (exact) mass is 250 g/mol. The van der Waals surface area contributed by atoms with Crippen molar-refractivity contribution >= 4 is 11.3 Å². The molecule has 2 saturated heterocycles. The molecule has 3 rings (SSSR count). The lowest BCUT2D eigenvalue weighted by Gasteiger charge is -2.35. The van der Waals surface area contributed by atoms with Gasteiger partial charge >= 0.3 is 0 Å². The molecule has 2 nitrogen and oxygen atoms in total. The summed E-state index contributed by atoms with van der Waals surface area (Å²) in [7, 11) is 0. The summed E-state index contributed by atoms with van der Waals surface area (Å²) in [5, 5.41) is 5.93. The van der Waals surface area contributed by atoms with Crippen LogP contribution >= 0.6 is 11.3 Å². The van der Waals surface area contributed by atoms with Gasteiger partial charge in [-0.1, -0.05) is 6.07 Å². The Labute approximate surface area is 108 Å². The second-order valence-corrected chi connectivity index (χ2v) is 6.37. The summed E-state index contributed by atoms with van der Waals surface area (Å²) in [5.74, 6) is 0.